The topological polar surface area (TPSA) is 172 Å². The van der Waals surface area contributed by atoms with Crippen LogP contribution in [0.1, 0.15) is 25.8 Å². The van der Waals surface area contributed by atoms with E-state index in [0.29, 0.717) is 5.56 Å². The van der Waals surface area contributed by atoms with Gasteiger partial charge in [0.05, 0.1) is 20.1 Å². The fourth-order valence-corrected chi connectivity index (χ4v) is 3.04. The second-order valence-electron chi connectivity index (χ2n) is 7.87. The molecule has 5 N–H and O–H groups in total. The first kappa shape index (κ1) is 26.0. The van der Waals surface area contributed by atoms with Crippen molar-refractivity contribution >= 4 is 11.9 Å². The molecular formula is C21H30O11. The number of esters is 2. The fourth-order valence-electron chi connectivity index (χ4n) is 3.04. The number of hydrogen-bond donors (Lipinski definition) is 5. The molecule has 1 fully saturated rings. The number of hydrogen-bond acceptors (Lipinski definition) is 11. The maximum Gasteiger partial charge on any atom is 0.339 e. The molecule has 0 unspecified atom stereocenters. The van der Waals surface area contributed by atoms with Crippen LogP contribution in [-0.4, -0.2) is 87.5 Å². The number of benzene rings is 1. The zero-order valence-electron chi connectivity index (χ0n) is 18.1. The third-order valence-electron chi connectivity index (χ3n) is 5.34. The molecule has 180 valence electrons. The molecule has 1 aliphatic rings. The standard InChI is InChI=1S/C21H30O11/c1-11(2)21(28,8-15(23)29-3)20(27)30-10-12-4-6-13(7-5-12)31-19-18(26)17(25)16(24)14(9-22)32-19/h4-7,11,14,16-19,22,24-26,28H,8-10H2,1-3H3/t14-,16-,17+,18-,19-,21-/m1/s1. The van der Waals surface area contributed by atoms with Gasteiger partial charge in [-0.05, 0) is 23.6 Å². The van der Waals surface area contributed by atoms with Gasteiger partial charge in [-0.3, -0.25) is 4.79 Å². The summed E-state index contributed by atoms with van der Waals surface area (Å²) in [7, 11) is 1.15. The number of carbonyl (C=O) groups is 2. The zero-order valence-corrected chi connectivity index (χ0v) is 18.1. The Balaban J connectivity index is 1.98. The molecule has 2 rings (SSSR count). The van der Waals surface area contributed by atoms with E-state index in [2.05, 4.69) is 4.74 Å². The smallest absolute Gasteiger partial charge is 0.339 e. The van der Waals surface area contributed by atoms with Crippen LogP contribution in [-0.2, 0) is 30.4 Å². The summed E-state index contributed by atoms with van der Waals surface area (Å²) in [5.74, 6) is -2.05. The summed E-state index contributed by atoms with van der Waals surface area (Å²) in [4.78, 5) is 23.9. The Bertz CT molecular complexity index is 764. The van der Waals surface area contributed by atoms with Gasteiger partial charge in [-0.1, -0.05) is 26.0 Å². The van der Waals surface area contributed by atoms with Crippen LogP contribution in [0, 0.1) is 5.92 Å². The lowest BCUT2D eigenvalue weighted by Crippen LogP contribution is -2.60. The maximum atomic E-state index is 12.4. The van der Waals surface area contributed by atoms with E-state index in [1.165, 1.54) is 12.1 Å². The van der Waals surface area contributed by atoms with Crippen molar-refractivity contribution in [3.63, 3.8) is 0 Å². The number of rotatable bonds is 9. The normalized spacial score (nSPS) is 27.5. The molecule has 1 saturated heterocycles. The molecule has 0 saturated carbocycles. The van der Waals surface area contributed by atoms with Gasteiger partial charge in [0.15, 0.2) is 5.60 Å². The summed E-state index contributed by atoms with van der Waals surface area (Å²) in [6.45, 7) is 2.40. The van der Waals surface area contributed by atoms with E-state index in [0.717, 1.165) is 7.11 Å². The van der Waals surface area contributed by atoms with Crippen molar-refractivity contribution in [3.05, 3.63) is 29.8 Å². The van der Waals surface area contributed by atoms with Crippen LogP contribution in [0.5, 0.6) is 5.75 Å². The Hall–Kier alpha value is -2.28. The van der Waals surface area contributed by atoms with Gasteiger partial charge in [0.1, 0.15) is 36.8 Å². The minimum Gasteiger partial charge on any atom is -0.469 e. The highest BCUT2D eigenvalue weighted by atomic mass is 16.7. The highest BCUT2D eigenvalue weighted by Gasteiger charge is 2.45. The van der Waals surface area contributed by atoms with Crippen molar-refractivity contribution < 1.29 is 54.1 Å². The third-order valence-corrected chi connectivity index (χ3v) is 5.34. The number of aliphatic hydroxyl groups excluding tert-OH is 4. The first-order valence-corrected chi connectivity index (χ1v) is 10.1. The predicted octanol–water partition coefficient (Wildman–Crippen LogP) is -1.14. The molecule has 11 heteroatoms. The third kappa shape index (κ3) is 5.94. The van der Waals surface area contributed by atoms with E-state index >= 15 is 0 Å². The van der Waals surface area contributed by atoms with Gasteiger partial charge in [0.25, 0.3) is 0 Å². The first-order chi connectivity index (χ1) is 15.0. The van der Waals surface area contributed by atoms with Crippen LogP contribution in [0.4, 0.5) is 0 Å². The summed E-state index contributed by atoms with van der Waals surface area (Å²) in [5.41, 5.74) is -1.48. The summed E-state index contributed by atoms with van der Waals surface area (Å²) >= 11 is 0. The Morgan fingerprint density at radius 2 is 1.72 bits per heavy atom. The Labute approximate surface area is 185 Å². The molecule has 0 radical (unpaired) electrons. The quantitative estimate of drug-likeness (QED) is 0.283. The highest BCUT2D eigenvalue weighted by Crippen LogP contribution is 2.26. The molecule has 0 bridgehead atoms. The van der Waals surface area contributed by atoms with Crippen LogP contribution >= 0.6 is 0 Å². The second-order valence-corrected chi connectivity index (χ2v) is 7.87. The minimum absolute atomic E-state index is 0.185. The van der Waals surface area contributed by atoms with Gasteiger partial charge < -0.3 is 44.5 Å². The molecule has 32 heavy (non-hydrogen) atoms. The lowest BCUT2D eigenvalue weighted by molar-refractivity contribution is -0.277. The van der Waals surface area contributed by atoms with Crippen molar-refractivity contribution in [2.45, 2.75) is 63.2 Å². The lowest BCUT2D eigenvalue weighted by atomic mass is 9.87. The molecule has 1 aromatic rings. The molecular weight excluding hydrogens is 428 g/mol. The zero-order chi connectivity index (χ0) is 24.1. The Morgan fingerprint density at radius 1 is 1.09 bits per heavy atom. The van der Waals surface area contributed by atoms with Crippen LogP contribution in [0.25, 0.3) is 0 Å². The Kier molecular flexibility index (Phi) is 8.96. The van der Waals surface area contributed by atoms with E-state index < -0.39 is 67.2 Å². The molecule has 1 aromatic carbocycles. The average Bonchev–Trinajstić information content (AvgIpc) is 2.78. The van der Waals surface area contributed by atoms with Crippen LogP contribution in [0.15, 0.2) is 24.3 Å². The van der Waals surface area contributed by atoms with Crippen LogP contribution in [0.2, 0.25) is 0 Å². The SMILES string of the molecule is COC(=O)C[C@](O)(C(=O)OCc1ccc(O[C@@H]2O[C@H](CO)[C@@H](O)[C@H](O)[C@H]2O)cc1)C(C)C. The molecule has 0 amide bonds. The molecule has 1 aliphatic heterocycles. The minimum atomic E-state index is -2.03. The van der Waals surface area contributed by atoms with Crippen molar-refractivity contribution in [2.75, 3.05) is 13.7 Å². The summed E-state index contributed by atoms with van der Waals surface area (Å²) < 4.78 is 20.5. The lowest BCUT2D eigenvalue weighted by Gasteiger charge is -2.39. The van der Waals surface area contributed by atoms with Gasteiger partial charge in [-0.15, -0.1) is 0 Å². The Morgan fingerprint density at radius 3 is 2.25 bits per heavy atom. The predicted molar refractivity (Wildman–Crippen MR) is 107 cm³/mol. The summed E-state index contributed by atoms with van der Waals surface area (Å²) in [5, 5.41) is 49.5. The second kappa shape index (κ2) is 11.0. The number of aliphatic hydroxyl groups is 5. The van der Waals surface area contributed by atoms with E-state index in [1.54, 1.807) is 26.0 Å². The number of carbonyl (C=O) groups excluding carboxylic acids is 2. The first-order valence-electron chi connectivity index (χ1n) is 10.1. The fraction of sp³-hybridized carbons (Fsp3) is 0.619. The molecule has 0 aliphatic carbocycles. The summed E-state index contributed by atoms with van der Waals surface area (Å²) in [6.07, 6.45) is -7.55. The molecule has 11 nitrogen and oxygen atoms in total. The van der Waals surface area contributed by atoms with Crippen LogP contribution < -0.4 is 4.74 Å². The number of methoxy groups -OCH3 is 1. The van der Waals surface area contributed by atoms with Crippen molar-refractivity contribution in [1.82, 2.24) is 0 Å². The van der Waals surface area contributed by atoms with Crippen LogP contribution in [0.3, 0.4) is 0 Å². The van der Waals surface area contributed by atoms with Crippen molar-refractivity contribution in [1.29, 1.82) is 0 Å². The average molecular weight is 458 g/mol. The molecule has 6 atom stereocenters. The van der Waals surface area contributed by atoms with Gasteiger partial charge in [-0.2, -0.15) is 0 Å². The monoisotopic (exact) mass is 458 g/mol. The van der Waals surface area contributed by atoms with Gasteiger partial charge in [0, 0.05) is 0 Å². The van der Waals surface area contributed by atoms with Gasteiger partial charge >= 0.3 is 11.9 Å². The molecule has 0 spiro atoms. The molecule has 1 heterocycles. The van der Waals surface area contributed by atoms with E-state index in [4.69, 9.17) is 14.2 Å². The van der Waals surface area contributed by atoms with Crippen molar-refractivity contribution in [3.8, 4) is 5.75 Å². The van der Waals surface area contributed by atoms with Gasteiger partial charge in [0.2, 0.25) is 6.29 Å². The van der Waals surface area contributed by atoms with Crippen molar-refractivity contribution in [2.24, 2.45) is 5.92 Å². The van der Waals surface area contributed by atoms with Gasteiger partial charge in [-0.25, -0.2) is 4.79 Å². The number of ether oxygens (including phenoxy) is 4. The highest BCUT2D eigenvalue weighted by molar-refractivity contribution is 5.85. The van der Waals surface area contributed by atoms with E-state index in [9.17, 15) is 35.1 Å². The maximum absolute atomic E-state index is 12.4. The van der Waals surface area contributed by atoms with E-state index in [-0.39, 0.29) is 12.4 Å². The molecule has 0 aromatic heterocycles. The largest absolute Gasteiger partial charge is 0.469 e. The summed E-state index contributed by atoms with van der Waals surface area (Å²) in [6, 6.07) is 6.10. The van der Waals surface area contributed by atoms with E-state index in [1.807, 2.05) is 0 Å².